The van der Waals surface area contributed by atoms with E-state index in [9.17, 15) is 0 Å². The summed E-state index contributed by atoms with van der Waals surface area (Å²) >= 11 is 0. The average molecular weight is 332 g/mol. The molecule has 3 heterocycles. The molecule has 0 radical (unpaired) electrons. The molecule has 2 saturated carbocycles. The van der Waals surface area contributed by atoms with Crippen molar-refractivity contribution < 1.29 is 14.2 Å². The second-order valence-electron chi connectivity index (χ2n) is 7.16. The lowest BCUT2D eigenvalue weighted by molar-refractivity contribution is -0.205. The van der Waals surface area contributed by atoms with E-state index in [0.717, 1.165) is 31.4 Å². The van der Waals surface area contributed by atoms with Crippen LogP contribution in [0.5, 0.6) is 0 Å². The predicted molar refractivity (Wildman–Crippen MR) is 80.7 cm³/mol. The normalized spacial score (nSPS) is 39.6. The van der Waals surface area contributed by atoms with Gasteiger partial charge < -0.3 is 14.2 Å². The van der Waals surface area contributed by atoms with Crippen molar-refractivity contribution in [1.29, 1.82) is 0 Å². The number of fused-ring (bicyclic) bond motifs is 5. The summed E-state index contributed by atoms with van der Waals surface area (Å²) in [6.07, 6.45) is 6.96. The van der Waals surface area contributed by atoms with Gasteiger partial charge in [-0.05, 0) is 24.8 Å². The van der Waals surface area contributed by atoms with Gasteiger partial charge in [0.25, 0.3) is 0 Å². The Morgan fingerprint density at radius 2 is 2.04 bits per heavy atom. The fraction of sp³-hybridized carbons (Fsp3) is 0.867. The van der Waals surface area contributed by atoms with Gasteiger partial charge in [0.2, 0.25) is 0 Å². The van der Waals surface area contributed by atoms with Crippen molar-refractivity contribution in [2.75, 3.05) is 0 Å². The third kappa shape index (κ3) is 2.09. The van der Waals surface area contributed by atoms with Gasteiger partial charge in [-0.1, -0.05) is 16.7 Å². The second kappa shape index (κ2) is 5.42. The molecule has 5 atom stereocenters. The van der Waals surface area contributed by atoms with Crippen LogP contribution in [0.15, 0.2) is 11.3 Å². The number of aromatic nitrogens is 3. The molecule has 24 heavy (non-hydrogen) atoms. The van der Waals surface area contributed by atoms with E-state index in [4.69, 9.17) is 19.7 Å². The van der Waals surface area contributed by atoms with E-state index in [1.807, 2.05) is 4.68 Å². The molecule has 0 aromatic carbocycles. The Morgan fingerprint density at radius 3 is 2.88 bits per heavy atom. The SMILES string of the molecule is [N-]=[N+]=N[C@@H]1C[C@H]2[C@@H](OCc3cnnn32)[C@@H]2OC3(CCCCC3)O[C@H]21. The van der Waals surface area contributed by atoms with Gasteiger partial charge in [0.1, 0.15) is 12.2 Å². The molecule has 5 rings (SSSR count). The van der Waals surface area contributed by atoms with Crippen LogP contribution in [-0.4, -0.2) is 45.1 Å². The van der Waals surface area contributed by atoms with Gasteiger partial charge in [-0.2, -0.15) is 0 Å². The number of nitrogens with zero attached hydrogens (tertiary/aromatic N) is 6. The molecule has 9 heteroatoms. The van der Waals surface area contributed by atoms with Crippen LogP contribution in [0.2, 0.25) is 0 Å². The molecule has 3 fully saturated rings. The maximum Gasteiger partial charge on any atom is 0.169 e. The average Bonchev–Trinajstić information content (AvgIpc) is 3.21. The van der Waals surface area contributed by atoms with E-state index in [1.165, 1.54) is 6.42 Å². The molecule has 0 bridgehead atoms. The smallest absolute Gasteiger partial charge is 0.169 e. The van der Waals surface area contributed by atoms with Crippen LogP contribution in [0.1, 0.15) is 50.3 Å². The first kappa shape index (κ1) is 14.7. The van der Waals surface area contributed by atoms with E-state index in [1.54, 1.807) is 6.20 Å². The molecule has 0 amide bonds. The summed E-state index contributed by atoms with van der Waals surface area (Å²) < 4.78 is 20.8. The van der Waals surface area contributed by atoms with Crippen LogP contribution in [-0.2, 0) is 20.8 Å². The Kier molecular flexibility index (Phi) is 3.31. The van der Waals surface area contributed by atoms with Gasteiger partial charge in [0, 0.05) is 17.8 Å². The Morgan fingerprint density at radius 1 is 1.21 bits per heavy atom. The number of ether oxygens (including phenoxy) is 3. The summed E-state index contributed by atoms with van der Waals surface area (Å²) in [4.78, 5) is 3.04. The molecule has 1 saturated heterocycles. The van der Waals surface area contributed by atoms with Crippen LogP contribution in [0.4, 0.5) is 0 Å². The molecule has 0 unspecified atom stereocenters. The lowest BCUT2D eigenvalue weighted by atomic mass is 9.83. The molecule has 128 valence electrons. The van der Waals surface area contributed by atoms with Crippen molar-refractivity contribution in [3.8, 4) is 0 Å². The van der Waals surface area contributed by atoms with Crippen molar-refractivity contribution in [2.45, 2.75) is 81.3 Å². The molecule has 9 nitrogen and oxygen atoms in total. The second-order valence-corrected chi connectivity index (χ2v) is 7.16. The van der Waals surface area contributed by atoms with Crippen molar-refractivity contribution >= 4 is 0 Å². The first-order valence-electron chi connectivity index (χ1n) is 8.70. The Balaban J connectivity index is 1.50. The van der Waals surface area contributed by atoms with Crippen LogP contribution in [0.3, 0.4) is 0 Å². The van der Waals surface area contributed by atoms with Crippen molar-refractivity contribution in [3.63, 3.8) is 0 Å². The Bertz CT molecular complexity index is 681. The first-order valence-corrected chi connectivity index (χ1v) is 8.70. The highest BCUT2D eigenvalue weighted by Gasteiger charge is 2.59. The third-order valence-corrected chi connectivity index (χ3v) is 5.79. The van der Waals surface area contributed by atoms with Gasteiger partial charge in [0.15, 0.2) is 5.79 Å². The number of hydrogen-bond donors (Lipinski definition) is 0. The Labute approximate surface area is 138 Å². The van der Waals surface area contributed by atoms with Crippen LogP contribution in [0.25, 0.3) is 10.4 Å². The summed E-state index contributed by atoms with van der Waals surface area (Å²) in [5.41, 5.74) is 9.93. The predicted octanol–water partition coefficient (Wildman–Crippen LogP) is 2.25. The van der Waals surface area contributed by atoms with Crippen molar-refractivity contribution in [3.05, 3.63) is 22.3 Å². The van der Waals surface area contributed by atoms with Gasteiger partial charge in [-0.25, -0.2) is 4.68 Å². The van der Waals surface area contributed by atoms with Gasteiger partial charge in [0.05, 0.1) is 36.7 Å². The highest BCUT2D eigenvalue weighted by atomic mass is 16.8. The molecule has 2 aliphatic heterocycles. The van der Waals surface area contributed by atoms with E-state index in [-0.39, 0.29) is 30.4 Å². The molecule has 2 aliphatic carbocycles. The van der Waals surface area contributed by atoms with Crippen LogP contribution in [0, 0.1) is 0 Å². The minimum absolute atomic E-state index is 0.0321. The van der Waals surface area contributed by atoms with Gasteiger partial charge in [-0.15, -0.1) is 5.10 Å². The molecule has 0 N–H and O–H groups in total. The quantitative estimate of drug-likeness (QED) is 0.445. The summed E-state index contributed by atoms with van der Waals surface area (Å²) in [6, 6.07) is -0.309. The van der Waals surface area contributed by atoms with Crippen molar-refractivity contribution in [2.24, 2.45) is 5.11 Å². The highest BCUT2D eigenvalue weighted by molar-refractivity contribution is 5.10. The largest absolute Gasteiger partial charge is 0.367 e. The van der Waals surface area contributed by atoms with Crippen LogP contribution >= 0.6 is 0 Å². The zero-order valence-corrected chi connectivity index (χ0v) is 13.3. The van der Waals surface area contributed by atoms with Crippen LogP contribution < -0.4 is 0 Å². The summed E-state index contributed by atoms with van der Waals surface area (Å²) in [6.45, 7) is 0.472. The summed E-state index contributed by atoms with van der Waals surface area (Å²) in [5, 5.41) is 12.2. The summed E-state index contributed by atoms with van der Waals surface area (Å²) in [7, 11) is 0. The topological polar surface area (TPSA) is 107 Å². The maximum absolute atomic E-state index is 8.99. The zero-order valence-electron chi connectivity index (χ0n) is 13.3. The van der Waals surface area contributed by atoms with Gasteiger partial charge in [-0.3, -0.25) is 0 Å². The molecule has 1 aromatic rings. The number of azide groups is 1. The van der Waals surface area contributed by atoms with Gasteiger partial charge >= 0.3 is 0 Å². The molecular formula is C15H20N6O3. The fourth-order valence-electron chi connectivity index (χ4n) is 4.72. The monoisotopic (exact) mass is 332 g/mol. The van der Waals surface area contributed by atoms with Crippen molar-refractivity contribution in [1.82, 2.24) is 15.0 Å². The maximum atomic E-state index is 8.99. The zero-order chi connectivity index (χ0) is 16.1. The minimum Gasteiger partial charge on any atom is -0.367 e. The van der Waals surface area contributed by atoms with E-state index < -0.39 is 5.79 Å². The molecular weight excluding hydrogens is 312 g/mol. The molecule has 4 aliphatic rings. The number of rotatable bonds is 1. The standard InChI is InChI=1S/C15H20N6O3/c16-19-18-10-6-11-13(22-8-9-7-17-20-21(9)11)14-12(10)23-15(24-14)4-2-1-3-5-15/h7,10-14H,1-6,8H2/t10-,11+,12+,13-,14-/m1/s1. The van der Waals surface area contributed by atoms with E-state index in [0.29, 0.717) is 13.0 Å². The lowest BCUT2D eigenvalue weighted by Gasteiger charge is -2.43. The highest BCUT2D eigenvalue weighted by Crippen LogP contribution is 2.49. The molecule has 1 spiro atoms. The third-order valence-electron chi connectivity index (χ3n) is 5.79. The first-order chi connectivity index (χ1) is 11.8. The number of hydrogen-bond acceptors (Lipinski definition) is 6. The summed E-state index contributed by atoms with van der Waals surface area (Å²) in [5.74, 6) is -0.530. The van der Waals surface area contributed by atoms with E-state index in [2.05, 4.69) is 20.3 Å². The van der Waals surface area contributed by atoms with E-state index >= 15 is 0 Å². The fourth-order valence-corrected chi connectivity index (χ4v) is 4.72. The minimum atomic E-state index is -0.530. The Hall–Kier alpha value is -1.67. The lowest BCUT2D eigenvalue weighted by Crippen LogP contribution is -2.54. The molecule has 1 aromatic heterocycles.